The standard InChI is InChI=1S/C14H21NO3/c1-12(6-5-9-16)10-15-14(17)18-11-13-7-3-2-4-8-13/h2-4,7-8,12,16H,5-6,9-11H2,1H3,(H,15,17). The van der Waals surface area contributed by atoms with Crippen LogP contribution < -0.4 is 5.32 Å². The smallest absolute Gasteiger partial charge is 0.407 e. The van der Waals surface area contributed by atoms with Gasteiger partial charge >= 0.3 is 6.09 Å². The topological polar surface area (TPSA) is 58.6 Å². The van der Waals surface area contributed by atoms with Gasteiger partial charge in [-0.05, 0) is 24.3 Å². The van der Waals surface area contributed by atoms with Crippen LogP contribution in [-0.4, -0.2) is 24.4 Å². The largest absolute Gasteiger partial charge is 0.445 e. The second kappa shape index (κ2) is 8.53. The third-order valence-corrected chi connectivity index (χ3v) is 2.66. The van der Waals surface area contributed by atoms with E-state index in [4.69, 9.17) is 9.84 Å². The van der Waals surface area contributed by atoms with Crippen molar-refractivity contribution >= 4 is 6.09 Å². The van der Waals surface area contributed by atoms with Gasteiger partial charge in [-0.3, -0.25) is 0 Å². The number of alkyl carbamates (subject to hydrolysis) is 1. The molecule has 1 amide bonds. The van der Waals surface area contributed by atoms with Crippen molar-refractivity contribution in [2.24, 2.45) is 5.92 Å². The quantitative estimate of drug-likeness (QED) is 0.782. The molecule has 1 aromatic rings. The summed E-state index contributed by atoms with van der Waals surface area (Å²) >= 11 is 0. The highest BCUT2D eigenvalue weighted by molar-refractivity contribution is 5.67. The number of hydrogen-bond donors (Lipinski definition) is 2. The summed E-state index contributed by atoms with van der Waals surface area (Å²) in [6, 6.07) is 9.57. The molecule has 2 N–H and O–H groups in total. The molecular formula is C14H21NO3. The highest BCUT2D eigenvalue weighted by Crippen LogP contribution is 2.04. The third-order valence-electron chi connectivity index (χ3n) is 2.66. The summed E-state index contributed by atoms with van der Waals surface area (Å²) in [5.41, 5.74) is 0.973. The molecule has 0 aliphatic heterocycles. The van der Waals surface area contributed by atoms with Crippen molar-refractivity contribution in [1.29, 1.82) is 0 Å². The van der Waals surface area contributed by atoms with Gasteiger partial charge in [-0.2, -0.15) is 0 Å². The molecule has 0 aliphatic rings. The van der Waals surface area contributed by atoms with Crippen molar-refractivity contribution in [2.75, 3.05) is 13.2 Å². The lowest BCUT2D eigenvalue weighted by Crippen LogP contribution is -2.28. The molecule has 0 fully saturated rings. The van der Waals surface area contributed by atoms with Crippen LogP contribution in [0.2, 0.25) is 0 Å². The average Bonchev–Trinajstić information content (AvgIpc) is 2.41. The maximum Gasteiger partial charge on any atom is 0.407 e. The van der Waals surface area contributed by atoms with E-state index in [9.17, 15) is 4.79 Å². The molecule has 0 spiro atoms. The minimum absolute atomic E-state index is 0.197. The number of aliphatic hydroxyl groups is 1. The zero-order valence-corrected chi connectivity index (χ0v) is 10.8. The van der Waals surface area contributed by atoms with Crippen LogP contribution in [0.1, 0.15) is 25.3 Å². The molecule has 18 heavy (non-hydrogen) atoms. The Balaban J connectivity index is 2.14. The van der Waals surface area contributed by atoms with Crippen molar-refractivity contribution in [3.63, 3.8) is 0 Å². The summed E-state index contributed by atoms with van der Waals surface area (Å²) < 4.78 is 5.08. The minimum Gasteiger partial charge on any atom is -0.445 e. The molecule has 4 heteroatoms. The fourth-order valence-electron chi connectivity index (χ4n) is 1.57. The van der Waals surface area contributed by atoms with Gasteiger partial charge < -0.3 is 15.2 Å². The Hall–Kier alpha value is -1.55. The molecule has 1 rings (SSSR count). The number of carbonyl (C=O) groups is 1. The highest BCUT2D eigenvalue weighted by Gasteiger charge is 2.06. The normalized spacial score (nSPS) is 11.9. The van der Waals surface area contributed by atoms with Crippen molar-refractivity contribution in [3.8, 4) is 0 Å². The Morgan fingerprint density at radius 3 is 2.78 bits per heavy atom. The number of carbonyl (C=O) groups excluding carboxylic acids is 1. The molecule has 0 heterocycles. The number of hydrogen-bond acceptors (Lipinski definition) is 3. The molecular weight excluding hydrogens is 230 g/mol. The monoisotopic (exact) mass is 251 g/mol. The SMILES string of the molecule is CC(CCCO)CNC(=O)OCc1ccccc1. The van der Waals surface area contributed by atoms with E-state index in [2.05, 4.69) is 5.32 Å². The molecule has 1 aromatic carbocycles. The molecule has 0 radical (unpaired) electrons. The first-order chi connectivity index (χ1) is 8.72. The maximum absolute atomic E-state index is 11.4. The van der Waals surface area contributed by atoms with Crippen LogP contribution in [0.25, 0.3) is 0 Å². The number of rotatable bonds is 7. The van der Waals surface area contributed by atoms with Crippen LogP contribution in [0.15, 0.2) is 30.3 Å². The lowest BCUT2D eigenvalue weighted by Gasteiger charge is -2.12. The van der Waals surface area contributed by atoms with Crippen LogP contribution in [0.4, 0.5) is 4.79 Å². The van der Waals surface area contributed by atoms with Gasteiger partial charge in [-0.25, -0.2) is 4.79 Å². The average molecular weight is 251 g/mol. The summed E-state index contributed by atoms with van der Waals surface area (Å²) in [6.07, 6.45) is 1.27. The fraction of sp³-hybridized carbons (Fsp3) is 0.500. The summed E-state index contributed by atoms with van der Waals surface area (Å²) in [7, 11) is 0. The van der Waals surface area contributed by atoms with E-state index in [1.165, 1.54) is 0 Å². The van der Waals surface area contributed by atoms with Crippen molar-refractivity contribution in [2.45, 2.75) is 26.4 Å². The molecule has 0 saturated heterocycles. The lowest BCUT2D eigenvalue weighted by molar-refractivity contribution is 0.138. The van der Waals surface area contributed by atoms with Gasteiger partial charge in [0.2, 0.25) is 0 Å². The van der Waals surface area contributed by atoms with E-state index in [-0.39, 0.29) is 13.2 Å². The van der Waals surface area contributed by atoms with Gasteiger partial charge in [0.25, 0.3) is 0 Å². The Kier molecular flexibility index (Phi) is 6.87. The Morgan fingerprint density at radius 2 is 2.11 bits per heavy atom. The van der Waals surface area contributed by atoms with Crippen LogP contribution >= 0.6 is 0 Å². The first-order valence-corrected chi connectivity index (χ1v) is 6.27. The first-order valence-electron chi connectivity index (χ1n) is 6.27. The van der Waals surface area contributed by atoms with Gasteiger partial charge in [0.05, 0.1) is 0 Å². The Morgan fingerprint density at radius 1 is 1.39 bits per heavy atom. The van der Waals surface area contributed by atoms with Crippen molar-refractivity contribution in [3.05, 3.63) is 35.9 Å². The van der Waals surface area contributed by atoms with E-state index in [0.717, 1.165) is 18.4 Å². The summed E-state index contributed by atoms with van der Waals surface area (Å²) in [5.74, 6) is 0.349. The predicted molar refractivity (Wildman–Crippen MR) is 70.1 cm³/mol. The fourth-order valence-corrected chi connectivity index (χ4v) is 1.57. The second-order valence-corrected chi connectivity index (χ2v) is 4.41. The summed E-state index contributed by atoms with van der Waals surface area (Å²) in [6.45, 7) is 3.10. The molecule has 0 bridgehead atoms. The van der Waals surface area contributed by atoms with E-state index in [1.54, 1.807) is 0 Å². The predicted octanol–water partition coefficient (Wildman–Crippen LogP) is 2.32. The Bertz CT molecular complexity index is 340. The van der Waals surface area contributed by atoms with E-state index in [0.29, 0.717) is 12.5 Å². The van der Waals surface area contributed by atoms with E-state index >= 15 is 0 Å². The molecule has 100 valence electrons. The summed E-state index contributed by atoms with van der Waals surface area (Å²) in [5, 5.41) is 11.4. The van der Waals surface area contributed by atoms with Crippen molar-refractivity contribution in [1.82, 2.24) is 5.32 Å². The van der Waals surface area contributed by atoms with Crippen LogP contribution in [-0.2, 0) is 11.3 Å². The lowest BCUT2D eigenvalue weighted by atomic mass is 10.1. The maximum atomic E-state index is 11.4. The van der Waals surface area contributed by atoms with E-state index < -0.39 is 6.09 Å². The number of benzene rings is 1. The van der Waals surface area contributed by atoms with Crippen LogP contribution in [0, 0.1) is 5.92 Å². The third kappa shape index (κ3) is 6.25. The molecule has 1 atom stereocenters. The van der Waals surface area contributed by atoms with Gasteiger partial charge in [-0.15, -0.1) is 0 Å². The highest BCUT2D eigenvalue weighted by atomic mass is 16.5. The Labute approximate surface area is 108 Å². The zero-order chi connectivity index (χ0) is 13.2. The zero-order valence-electron chi connectivity index (χ0n) is 10.8. The van der Waals surface area contributed by atoms with Crippen LogP contribution in [0.3, 0.4) is 0 Å². The van der Waals surface area contributed by atoms with Gasteiger partial charge in [-0.1, -0.05) is 37.3 Å². The summed E-state index contributed by atoms with van der Waals surface area (Å²) in [4.78, 5) is 11.4. The van der Waals surface area contributed by atoms with Crippen molar-refractivity contribution < 1.29 is 14.6 Å². The minimum atomic E-state index is -0.394. The van der Waals surface area contributed by atoms with Gasteiger partial charge in [0.15, 0.2) is 0 Å². The molecule has 4 nitrogen and oxygen atoms in total. The molecule has 0 aromatic heterocycles. The molecule has 0 aliphatic carbocycles. The number of amides is 1. The van der Waals surface area contributed by atoms with Crippen LogP contribution in [0.5, 0.6) is 0 Å². The van der Waals surface area contributed by atoms with E-state index in [1.807, 2.05) is 37.3 Å². The molecule has 1 unspecified atom stereocenters. The number of aliphatic hydroxyl groups excluding tert-OH is 1. The number of ether oxygens (including phenoxy) is 1. The molecule has 0 saturated carbocycles. The first kappa shape index (κ1) is 14.5. The van der Waals surface area contributed by atoms with Gasteiger partial charge in [0.1, 0.15) is 6.61 Å². The van der Waals surface area contributed by atoms with Gasteiger partial charge in [0, 0.05) is 13.2 Å². The number of nitrogens with one attached hydrogen (secondary N) is 1. The second-order valence-electron chi connectivity index (χ2n) is 4.41.